The van der Waals surface area contributed by atoms with Crippen molar-refractivity contribution in [1.29, 1.82) is 0 Å². The predicted molar refractivity (Wildman–Crippen MR) is 113 cm³/mol. The van der Waals surface area contributed by atoms with E-state index >= 15 is 0 Å². The Morgan fingerprint density at radius 3 is 1.54 bits per heavy atom. The van der Waals surface area contributed by atoms with Crippen LogP contribution in [0.15, 0.2) is 59.9 Å². The molecule has 0 fully saturated rings. The molecule has 0 spiro atoms. The lowest BCUT2D eigenvalue weighted by molar-refractivity contribution is -0.114. The molecular formula is C21H24Cl2O2Si. The molecule has 0 aliphatic heterocycles. The van der Waals surface area contributed by atoms with Crippen LogP contribution in [-0.4, -0.2) is 14.1 Å². The first kappa shape index (κ1) is 20.8. The molecular weight excluding hydrogens is 383 g/mol. The largest absolute Gasteiger partial charge is 0.547 e. The molecule has 0 aromatic heterocycles. The highest BCUT2D eigenvalue weighted by atomic mass is 35.5. The Kier molecular flexibility index (Phi) is 6.73. The van der Waals surface area contributed by atoms with E-state index in [0.717, 1.165) is 11.1 Å². The van der Waals surface area contributed by atoms with Crippen LogP contribution in [0.25, 0.3) is 0 Å². The Balaban J connectivity index is 2.67. The van der Waals surface area contributed by atoms with Crippen LogP contribution in [0.1, 0.15) is 30.9 Å². The molecule has 0 amide bonds. The molecule has 5 heteroatoms. The van der Waals surface area contributed by atoms with Crippen LogP contribution >= 0.6 is 23.2 Å². The summed E-state index contributed by atoms with van der Waals surface area (Å²) >= 11 is 12.1. The van der Waals surface area contributed by atoms with Gasteiger partial charge in [0.15, 0.2) is 5.78 Å². The number of carbonyl (C=O) groups is 1. The van der Waals surface area contributed by atoms with Gasteiger partial charge in [0.05, 0.1) is 5.76 Å². The third-order valence-electron chi connectivity index (χ3n) is 3.91. The third kappa shape index (κ3) is 5.47. The van der Waals surface area contributed by atoms with Gasteiger partial charge in [-0.15, -0.1) is 0 Å². The van der Waals surface area contributed by atoms with E-state index in [1.807, 2.05) is 55.5 Å². The molecule has 0 atom stereocenters. The molecule has 26 heavy (non-hydrogen) atoms. The Hall–Kier alpha value is -1.55. The number of hydrogen-bond donors (Lipinski definition) is 0. The molecule has 2 nitrogen and oxygen atoms in total. The number of hydrogen-bond acceptors (Lipinski definition) is 2. The second kappa shape index (κ2) is 8.42. The Bertz CT molecular complexity index is 758. The molecule has 2 aromatic rings. The summed E-state index contributed by atoms with van der Waals surface area (Å²) in [5, 5.41) is 1.32. The zero-order valence-corrected chi connectivity index (χ0v) is 18.3. The average molecular weight is 407 g/mol. The first-order chi connectivity index (χ1) is 12.1. The van der Waals surface area contributed by atoms with Crippen LogP contribution in [0.2, 0.25) is 29.7 Å². The van der Waals surface area contributed by atoms with Gasteiger partial charge in [0.1, 0.15) is 0 Å². The number of halogens is 2. The Morgan fingerprint density at radius 1 is 0.846 bits per heavy atom. The van der Waals surface area contributed by atoms with Crippen molar-refractivity contribution >= 4 is 37.3 Å². The fraction of sp³-hybridized carbons (Fsp3) is 0.286. The lowest BCUT2D eigenvalue weighted by Gasteiger charge is -2.26. The number of benzene rings is 2. The van der Waals surface area contributed by atoms with E-state index in [4.69, 9.17) is 27.6 Å². The number of allylic oxidation sites excluding steroid dienone is 2. The maximum absolute atomic E-state index is 12.6. The van der Waals surface area contributed by atoms with E-state index in [1.54, 1.807) is 6.92 Å². The SMILES string of the molecule is CC(=O)/C(=C(/C)O[Si](C)(C)C)C(c1ccc(Cl)cc1)c1ccc(Cl)cc1. The molecule has 0 saturated heterocycles. The van der Waals surface area contributed by atoms with Crippen molar-refractivity contribution in [2.45, 2.75) is 39.4 Å². The summed E-state index contributed by atoms with van der Waals surface area (Å²) in [4.78, 5) is 12.6. The predicted octanol–water partition coefficient (Wildman–Crippen LogP) is 6.84. The maximum atomic E-state index is 12.6. The molecule has 2 aromatic carbocycles. The van der Waals surface area contributed by atoms with E-state index < -0.39 is 8.32 Å². The van der Waals surface area contributed by atoms with Crippen molar-refractivity contribution in [3.05, 3.63) is 81.0 Å². The number of carbonyl (C=O) groups excluding carboxylic acids is 1. The van der Waals surface area contributed by atoms with Gasteiger partial charge in [-0.05, 0) is 68.9 Å². The third-order valence-corrected chi connectivity index (χ3v) is 5.34. The molecule has 0 unspecified atom stereocenters. The standard InChI is InChI=1S/C21H24Cl2O2Si/c1-14(24)20(15(2)25-26(3,4)5)21(16-6-10-18(22)11-7-16)17-8-12-19(23)13-9-17/h6-13,21H,1-5H3/b20-15+. The zero-order valence-electron chi connectivity index (χ0n) is 15.8. The minimum Gasteiger partial charge on any atom is -0.547 e. The van der Waals surface area contributed by atoms with Gasteiger partial charge in [0, 0.05) is 21.5 Å². The summed E-state index contributed by atoms with van der Waals surface area (Å²) in [7, 11) is -1.85. The number of Topliss-reactive ketones (excluding diaryl/α,β-unsaturated/α-hetero) is 1. The topological polar surface area (TPSA) is 26.3 Å². The second-order valence-corrected chi connectivity index (χ2v) is 12.6. The molecule has 0 saturated carbocycles. The summed E-state index contributed by atoms with van der Waals surface area (Å²) in [6, 6.07) is 15.2. The van der Waals surface area contributed by atoms with Gasteiger partial charge in [-0.3, -0.25) is 4.79 Å². The molecule has 2 rings (SSSR count). The lowest BCUT2D eigenvalue weighted by Crippen LogP contribution is -2.26. The summed E-state index contributed by atoms with van der Waals surface area (Å²) in [6.07, 6.45) is 0. The highest BCUT2D eigenvalue weighted by Crippen LogP contribution is 2.36. The number of rotatable bonds is 6. The van der Waals surface area contributed by atoms with Crippen molar-refractivity contribution < 1.29 is 9.22 Å². The van der Waals surface area contributed by atoms with Crippen LogP contribution in [0.4, 0.5) is 0 Å². The second-order valence-electron chi connectivity index (χ2n) is 7.28. The molecule has 0 radical (unpaired) electrons. The maximum Gasteiger partial charge on any atom is 0.241 e. The highest BCUT2D eigenvalue weighted by Gasteiger charge is 2.27. The smallest absolute Gasteiger partial charge is 0.241 e. The van der Waals surface area contributed by atoms with Gasteiger partial charge in [-0.25, -0.2) is 0 Å². The minimum absolute atomic E-state index is 0.00403. The van der Waals surface area contributed by atoms with E-state index in [1.165, 1.54) is 0 Å². The summed E-state index contributed by atoms with van der Waals surface area (Å²) < 4.78 is 6.18. The van der Waals surface area contributed by atoms with Crippen molar-refractivity contribution in [1.82, 2.24) is 0 Å². The van der Waals surface area contributed by atoms with Gasteiger partial charge >= 0.3 is 0 Å². The molecule has 138 valence electrons. The molecule has 0 heterocycles. The van der Waals surface area contributed by atoms with Gasteiger partial charge in [0.25, 0.3) is 0 Å². The van der Waals surface area contributed by atoms with E-state index in [2.05, 4.69) is 19.6 Å². The van der Waals surface area contributed by atoms with Crippen LogP contribution in [-0.2, 0) is 9.22 Å². The van der Waals surface area contributed by atoms with Gasteiger partial charge in [-0.1, -0.05) is 47.5 Å². The van der Waals surface area contributed by atoms with Crippen molar-refractivity contribution in [2.75, 3.05) is 0 Å². The van der Waals surface area contributed by atoms with E-state index in [0.29, 0.717) is 21.4 Å². The summed E-state index contributed by atoms with van der Waals surface area (Å²) in [5.74, 6) is 0.445. The molecule has 0 N–H and O–H groups in total. The van der Waals surface area contributed by atoms with Crippen molar-refractivity contribution in [2.24, 2.45) is 0 Å². The lowest BCUT2D eigenvalue weighted by atomic mass is 9.82. The summed E-state index contributed by atoms with van der Waals surface area (Å²) in [6.45, 7) is 9.79. The van der Waals surface area contributed by atoms with E-state index in [-0.39, 0.29) is 11.7 Å². The number of ketones is 1. The van der Waals surface area contributed by atoms with Crippen LogP contribution in [0.3, 0.4) is 0 Å². The fourth-order valence-corrected chi connectivity index (χ4v) is 4.29. The minimum atomic E-state index is -1.85. The van der Waals surface area contributed by atoms with Gasteiger partial charge in [0.2, 0.25) is 8.32 Å². The Labute approximate surface area is 166 Å². The normalized spacial score (nSPS) is 12.8. The zero-order chi connectivity index (χ0) is 19.5. The molecule has 0 bridgehead atoms. The molecule has 0 aliphatic carbocycles. The van der Waals surface area contributed by atoms with Crippen molar-refractivity contribution in [3.8, 4) is 0 Å². The van der Waals surface area contributed by atoms with Crippen LogP contribution in [0.5, 0.6) is 0 Å². The fourth-order valence-electron chi connectivity index (χ4n) is 3.00. The van der Waals surface area contributed by atoms with Gasteiger partial charge < -0.3 is 4.43 Å². The first-order valence-electron chi connectivity index (χ1n) is 8.50. The Morgan fingerprint density at radius 2 is 1.23 bits per heavy atom. The van der Waals surface area contributed by atoms with Crippen molar-refractivity contribution in [3.63, 3.8) is 0 Å². The van der Waals surface area contributed by atoms with Crippen LogP contribution < -0.4 is 0 Å². The quantitative estimate of drug-likeness (QED) is 0.298. The van der Waals surface area contributed by atoms with Crippen LogP contribution in [0, 0.1) is 0 Å². The average Bonchev–Trinajstić information content (AvgIpc) is 2.52. The van der Waals surface area contributed by atoms with E-state index in [9.17, 15) is 4.79 Å². The first-order valence-corrected chi connectivity index (χ1v) is 12.7. The highest BCUT2D eigenvalue weighted by molar-refractivity contribution is 6.70. The summed E-state index contributed by atoms with van der Waals surface area (Å²) in [5.41, 5.74) is 2.64. The van der Waals surface area contributed by atoms with Gasteiger partial charge in [-0.2, -0.15) is 0 Å². The monoisotopic (exact) mass is 406 g/mol. The molecule has 0 aliphatic rings.